The van der Waals surface area contributed by atoms with Gasteiger partial charge in [-0.25, -0.2) is 14.0 Å². The normalized spacial score (nSPS) is 19.0. The highest BCUT2D eigenvalue weighted by Crippen LogP contribution is 2.35. The third kappa shape index (κ3) is 3.41. The van der Waals surface area contributed by atoms with E-state index in [0.717, 1.165) is 4.90 Å². The summed E-state index contributed by atoms with van der Waals surface area (Å²) in [7, 11) is 3.10. The topological polar surface area (TPSA) is 82.2 Å². The number of likely N-dealkylation sites (N-methyl/N-ethyl adjacent to an activating group) is 2. The molecule has 0 aliphatic carbocycles. The van der Waals surface area contributed by atoms with E-state index in [-0.39, 0.29) is 36.9 Å². The zero-order valence-corrected chi connectivity index (χ0v) is 15.4. The zero-order valence-electron chi connectivity index (χ0n) is 15.4. The summed E-state index contributed by atoms with van der Waals surface area (Å²) in [5.41, 5.74) is -0.851. The molecule has 5 amide bonds. The molecule has 146 valence electrons. The van der Waals surface area contributed by atoms with Crippen LogP contribution in [0.15, 0.2) is 24.3 Å². The Kier molecular flexibility index (Phi) is 5.20. The summed E-state index contributed by atoms with van der Waals surface area (Å²) in [5, 5.41) is 2.72. The van der Waals surface area contributed by atoms with E-state index in [0.29, 0.717) is 25.9 Å². The number of hydrogen-bond acceptors (Lipinski definition) is 4. The first-order valence-corrected chi connectivity index (χ1v) is 8.83. The number of ether oxygens (including phenoxy) is 1. The number of halogens is 1. The van der Waals surface area contributed by atoms with Crippen LogP contribution in [-0.2, 0) is 4.79 Å². The molecule has 1 spiro atoms. The van der Waals surface area contributed by atoms with Gasteiger partial charge in [0, 0.05) is 27.2 Å². The Morgan fingerprint density at radius 3 is 2.48 bits per heavy atom. The molecule has 2 saturated heterocycles. The van der Waals surface area contributed by atoms with Gasteiger partial charge in [-0.05, 0) is 25.0 Å². The van der Waals surface area contributed by atoms with Crippen LogP contribution in [0, 0.1) is 5.82 Å². The van der Waals surface area contributed by atoms with Gasteiger partial charge in [0.25, 0.3) is 5.91 Å². The maximum Gasteiger partial charge on any atom is 0.327 e. The fourth-order valence-electron chi connectivity index (χ4n) is 3.57. The van der Waals surface area contributed by atoms with Crippen LogP contribution in [0.3, 0.4) is 0 Å². The molecular weight excluding hydrogens is 355 g/mol. The molecule has 2 heterocycles. The number of carbonyl (C=O) groups excluding carboxylic acids is 3. The van der Waals surface area contributed by atoms with Gasteiger partial charge in [0.1, 0.15) is 12.1 Å². The number of piperidine rings is 1. The Morgan fingerprint density at radius 1 is 1.22 bits per heavy atom. The summed E-state index contributed by atoms with van der Waals surface area (Å²) in [5.74, 6) is -0.522. The van der Waals surface area contributed by atoms with Gasteiger partial charge < -0.3 is 19.9 Å². The summed E-state index contributed by atoms with van der Waals surface area (Å²) in [6.45, 7) is 1.12. The molecule has 0 aromatic heterocycles. The van der Waals surface area contributed by atoms with E-state index in [1.807, 2.05) is 0 Å². The van der Waals surface area contributed by atoms with Gasteiger partial charge in [-0.1, -0.05) is 12.1 Å². The monoisotopic (exact) mass is 378 g/mol. The Balaban J connectivity index is 1.46. The Labute approximate surface area is 156 Å². The average Bonchev–Trinajstić information content (AvgIpc) is 2.83. The second-order valence-electron chi connectivity index (χ2n) is 6.74. The lowest BCUT2D eigenvalue weighted by Gasteiger charge is -2.40. The van der Waals surface area contributed by atoms with Crippen LogP contribution in [-0.4, -0.2) is 78.5 Å². The van der Waals surface area contributed by atoms with Crippen molar-refractivity contribution in [3.05, 3.63) is 30.1 Å². The molecule has 2 aliphatic rings. The van der Waals surface area contributed by atoms with Crippen molar-refractivity contribution in [2.24, 2.45) is 0 Å². The molecule has 0 atom stereocenters. The van der Waals surface area contributed by atoms with Gasteiger partial charge in [-0.3, -0.25) is 9.69 Å². The molecule has 1 N–H and O–H groups in total. The smallest absolute Gasteiger partial charge is 0.327 e. The minimum Gasteiger partial charge on any atom is -0.489 e. The maximum atomic E-state index is 13.5. The van der Waals surface area contributed by atoms with E-state index in [4.69, 9.17) is 4.74 Å². The standard InChI is InChI=1S/C18H23FN4O4/c1-21-15(24)18(22(2)17(21)26)7-10-23(11-8-18)16(25)20-9-12-27-14-6-4-3-5-13(14)19/h3-6H,7-12H2,1-2H3,(H,20,25). The molecule has 2 aliphatic heterocycles. The van der Waals surface area contributed by atoms with E-state index in [2.05, 4.69) is 5.32 Å². The van der Waals surface area contributed by atoms with Crippen molar-refractivity contribution in [2.45, 2.75) is 18.4 Å². The number of urea groups is 2. The Hall–Kier alpha value is -2.84. The highest BCUT2D eigenvalue weighted by atomic mass is 19.1. The average molecular weight is 378 g/mol. The highest BCUT2D eigenvalue weighted by molar-refractivity contribution is 6.06. The van der Waals surface area contributed by atoms with Gasteiger partial charge in [0.05, 0.1) is 6.54 Å². The molecule has 1 aromatic rings. The second kappa shape index (κ2) is 7.42. The Bertz CT molecular complexity index is 749. The van der Waals surface area contributed by atoms with Crippen molar-refractivity contribution < 1.29 is 23.5 Å². The molecular formula is C18H23FN4O4. The maximum absolute atomic E-state index is 13.5. The predicted molar refractivity (Wildman–Crippen MR) is 94.8 cm³/mol. The lowest BCUT2D eigenvalue weighted by molar-refractivity contribution is -0.134. The van der Waals surface area contributed by atoms with Crippen LogP contribution in [0.25, 0.3) is 0 Å². The molecule has 9 heteroatoms. The SMILES string of the molecule is CN1C(=O)N(C)C2(CCN(C(=O)NCCOc3ccccc3F)CC2)C1=O. The minimum absolute atomic E-state index is 0.142. The fraction of sp³-hybridized carbons (Fsp3) is 0.500. The number of carbonyl (C=O) groups is 3. The first-order chi connectivity index (χ1) is 12.9. The second-order valence-corrected chi connectivity index (χ2v) is 6.74. The van der Waals surface area contributed by atoms with Gasteiger partial charge in [-0.2, -0.15) is 0 Å². The minimum atomic E-state index is -0.851. The van der Waals surface area contributed by atoms with Crippen molar-refractivity contribution in [3.8, 4) is 5.75 Å². The fourth-order valence-corrected chi connectivity index (χ4v) is 3.57. The first-order valence-electron chi connectivity index (χ1n) is 8.83. The lowest BCUT2D eigenvalue weighted by atomic mass is 9.86. The van der Waals surface area contributed by atoms with Gasteiger partial charge in [0.15, 0.2) is 11.6 Å². The Morgan fingerprint density at radius 2 is 1.89 bits per heavy atom. The lowest BCUT2D eigenvalue weighted by Crippen LogP contribution is -2.57. The molecule has 3 rings (SSSR count). The predicted octanol–water partition coefficient (Wildman–Crippen LogP) is 1.27. The first kappa shape index (κ1) is 18.9. The van der Waals surface area contributed by atoms with Crippen LogP contribution in [0.5, 0.6) is 5.75 Å². The summed E-state index contributed by atoms with van der Waals surface area (Å²) in [6.07, 6.45) is 0.801. The van der Waals surface area contributed by atoms with Crippen LogP contribution in [0.1, 0.15) is 12.8 Å². The quantitative estimate of drug-likeness (QED) is 0.632. The third-order valence-electron chi connectivity index (χ3n) is 5.27. The molecule has 0 saturated carbocycles. The largest absolute Gasteiger partial charge is 0.489 e. The number of hydrogen-bond donors (Lipinski definition) is 1. The molecule has 0 bridgehead atoms. The van der Waals surface area contributed by atoms with E-state index in [9.17, 15) is 18.8 Å². The van der Waals surface area contributed by atoms with Gasteiger partial charge in [-0.15, -0.1) is 0 Å². The number of rotatable bonds is 4. The molecule has 0 unspecified atom stereocenters. The summed E-state index contributed by atoms with van der Waals surface area (Å²) < 4.78 is 18.8. The van der Waals surface area contributed by atoms with E-state index < -0.39 is 11.4 Å². The molecule has 1 aromatic carbocycles. The molecule has 2 fully saturated rings. The van der Waals surface area contributed by atoms with Crippen LogP contribution in [0.2, 0.25) is 0 Å². The van der Waals surface area contributed by atoms with E-state index >= 15 is 0 Å². The summed E-state index contributed by atoms with van der Waals surface area (Å²) in [6, 6.07) is 5.49. The summed E-state index contributed by atoms with van der Waals surface area (Å²) >= 11 is 0. The number of likely N-dealkylation sites (tertiary alicyclic amines) is 1. The number of benzene rings is 1. The number of nitrogens with one attached hydrogen (secondary N) is 1. The number of amides is 5. The molecule has 0 radical (unpaired) electrons. The number of para-hydroxylation sites is 1. The van der Waals surface area contributed by atoms with Crippen molar-refractivity contribution in [3.63, 3.8) is 0 Å². The molecule has 8 nitrogen and oxygen atoms in total. The van der Waals surface area contributed by atoms with Crippen LogP contribution in [0.4, 0.5) is 14.0 Å². The molecule has 27 heavy (non-hydrogen) atoms. The van der Waals surface area contributed by atoms with Gasteiger partial charge in [0.2, 0.25) is 0 Å². The van der Waals surface area contributed by atoms with Crippen molar-refractivity contribution in [1.82, 2.24) is 20.0 Å². The van der Waals surface area contributed by atoms with Crippen LogP contribution >= 0.6 is 0 Å². The van der Waals surface area contributed by atoms with Crippen molar-refractivity contribution in [1.29, 1.82) is 0 Å². The van der Waals surface area contributed by atoms with Crippen molar-refractivity contribution in [2.75, 3.05) is 40.3 Å². The van der Waals surface area contributed by atoms with Crippen LogP contribution < -0.4 is 10.1 Å². The summed E-state index contributed by atoms with van der Waals surface area (Å²) in [4.78, 5) is 41.0. The number of imide groups is 1. The highest BCUT2D eigenvalue weighted by Gasteiger charge is 2.55. The van der Waals surface area contributed by atoms with Gasteiger partial charge >= 0.3 is 12.1 Å². The number of nitrogens with zero attached hydrogens (tertiary/aromatic N) is 3. The van der Waals surface area contributed by atoms with Crippen molar-refractivity contribution >= 4 is 18.0 Å². The zero-order chi connectivity index (χ0) is 19.6. The van der Waals surface area contributed by atoms with E-state index in [1.165, 1.54) is 24.1 Å². The third-order valence-corrected chi connectivity index (χ3v) is 5.27. The van der Waals surface area contributed by atoms with E-state index in [1.54, 1.807) is 24.1 Å².